The number of hydrogen-bond acceptors (Lipinski definition) is 6. The first-order chi connectivity index (χ1) is 15.6. The number of fused-ring (bicyclic) bond motifs is 5. The van der Waals surface area contributed by atoms with Crippen LogP contribution in [0.2, 0.25) is 0 Å². The molecule has 32 heavy (non-hydrogen) atoms. The van der Waals surface area contributed by atoms with Crippen molar-refractivity contribution >= 4 is 28.5 Å². The van der Waals surface area contributed by atoms with Crippen molar-refractivity contribution < 1.29 is 23.9 Å². The molecular formula is C24H15N3O5. The standard InChI is InChI=1S/C24H15N3O5/c28-22-13-3-1-2-4-14(13)23(29)20-15(22)6-7-16-21(20)27-19(26-16)10-25-24(30)12-5-8-17-18(9-12)32-11-31-17/h1-9H,10-11H2,(H,25,30)(H,26,27). The summed E-state index contributed by atoms with van der Waals surface area (Å²) in [5.41, 5.74) is 2.87. The van der Waals surface area contributed by atoms with Gasteiger partial charge in [-0.3, -0.25) is 14.4 Å². The van der Waals surface area contributed by atoms with Gasteiger partial charge in [0, 0.05) is 22.3 Å². The SMILES string of the molecule is O=C(NCc1nc2c3c(ccc2[nH]1)C(=O)c1ccccc1C3=O)c1ccc2c(c1)OCO2. The van der Waals surface area contributed by atoms with Gasteiger partial charge in [0.25, 0.3) is 5.91 Å². The Morgan fingerprint density at radius 1 is 0.938 bits per heavy atom. The molecule has 0 spiro atoms. The van der Waals surface area contributed by atoms with Crippen LogP contribution in [0, 0.1) is 0 Å². The van der Waals surface area contributed by atoms with Gasteiger partial charge in [-0.1, -0.05) is 24.3 Å². The highest BCUT2D eigenvalue weighted by Crippen LogP contribution is 2.33. The molecule has 0 unspecified atom stereocenters. The molecule has 0 atom stereocenters. The number of carbonyl (C=O) groups excluding carboxylic acids is 3. The maximum atomic E-state index is 13.1. The average Bonchev–Trinajstić information content (AvgIpc) is 3.46. The number of rotatable bonds is 3. The van der Waals surface area contributed by atoms with E-state index in [-0.39, 0.29) is 36.4 Å². The van der Waals surface area contributed by atoms with E-state index >= 15 is 0 Å². The Hall–Kier alpha value is -4.46. The maximum Gasteiger partial charge on any atom is 0.251 e. The van der Waals surface area contributed by atoms with Crippen LogP contribution in [-0.4, -0.2) is 34.2 Å². The zero-order valence-electron chi connectivity index (χ0n) is 16.6. The maximum absolute atomic E-state index is 13.1. The third-order valence-corrected chi connectivity index (χ3v) is 5.64. The molecular weight excluding hydrogens is 410 g/mol. The van der Waals surface area contributed by atoms with Gasteiger partial charge in [0.2, 0.25) is 6.79 Å². The van der Waals surface area contributed by atoms with Gasteiger partial charge in [-0.2, -0.15) is 0 Å². The summed E-state index contributed by atoms with van der Waals surface area (Å²) in [5.74, 6) is 0.870. The molecule has 2 aliphatic rings. The molecule has 1 aliphatic carbocycles. The van der Waals surface area contributed by atoms with Gasteiger partial charge in [0.05, 0.1) is 17.6 Å². The van der Waals surface area contributed by atoms with Crippen LogP contribution in [0.4, 0.5) is 0 Å². The molecule has 0 radical (unpaired) electrons. The number of amides is 1. The van der Waals surface area contributed by atoms with Crippen LogP contribution in [0.5, 0.6) is 11.5 Å². The van der Waals surface area contributed by atoms with Gasteiger partial charge < -0.3 is 19.8 Å². The van der Waals surface area contributed by atoms with Crippen LogP contribution < -0.4 is 14.8 Å². The Labute approximate surface area is 181 Å². The number of aromatic amines is 1. The number of benzene rings is 3. The summed E-state index contributed by atoms with van der Waals surface area (Å²) in [6.07, 6.45) is 0. The third-order valence-electron chi connectivity index (χ3n) is 5.64. The fraction of sp³-hybridized carbons (Fsp3) is 0.0833. The second-order valence-electron chi connectivity index (χ2n) is 7.52. The van der Waals surface area contributed by atoms with Gasteiger partial charge >= 0.3 is 0 Å². The van der Waals surface area contributed by atoms with E-state index in [1.54, 1.807) is 54.6 Å². The van der Waals surface area contributed by atoms with Gasteiger partial charge in [0.1, 0.15) is 11.3 Å². The van der Waals surface area contributed by atoms with Gasteiger partial charge in [-0.25, -0.2) is 4.98 Å². The molecule has 2 heterocycles. The lowest BCUT2D eigenvalue weighted by Gasteiger charge is -2.17. The number of nitrogens with one attached hydrogen (secondary N) is 2. The summed E-state index contributed by atoms with van der Waals surface area (Å²) in [6, 6.07) is 15.1. The first kappa shape index (κ1) is 18.3. The van der Waals surface area contributed by atoms with Crippen molar-refractivity contribution in [1.29, 1.82) is 0 Å². The van der Waals surface area contributed by atoms with E-state index < -0.39 is 0 Å². The minimum Gasteiger partial charge on any atom is -0.454 e. The predicted octanol–water partition coefficient (Wildman–Crippen LogP) is 3.00. The number of aromatic nitrogens is 2. The van der Waals surface area contributed by atoms with Crippen molar-refractivity contribution in [3.63, 3.8) is 0 Å². The number of hydrogen-bond donors (Lipinski definition) is 2. The second kappa shape index (κ2) is 6.78. The minimum atomic E-state index is -0.300. The van der Waals surface area contributed by atoms with Gasteiger partial charge in [0.15, 0.2) is 23.1 Å². The molecule has 0 saturated heterocycles. The van der Waals surface area contributed by atoms with E-state index in [4.69, 9.17) is 9.47 Å². The Morgan fingerprint density at radius 2 is 1.72 bits per heavy atom. The second-order valence-corrected chi connectivity index (χ2v) is 7.52. The summed E-state index contributed by atoms with van der Waals surface area (Å²) >= 11 is 0. The summed E-state index contributed by atoms with van der Waals surface area (Å²) in [7, 11) is 0. The van der Waals surface area contributed by atoms with Crippen LogP contribution in [0.3, 0.4) is 0 Å². The van der Waals surface area contributed by atoms with E-state index in [1.165, 1.54) is 0 Å². The van der Waals surface area contributed by atoms with E-state index in [9.17, 15) is 14.4 Å². The number of carbonyl (C=O) groups is 3. The molecule has 1 aliphatic heterocycles. The summed E-state index contributed by atoms with van der Waals surface area (Å²) in [4.78, 5) is 46.2. The molecule has 0 fully saturated rings. The lowest BCUT2D eigenvalue weighted by Crippen LogP contribution is -2.23. The van der Waals surface area contributed by atoms with Crippen molar-refractivity contribution in [2.45, 2.75) is 6.54 Å². The van der Waals surface area contributed by atoms with Crippen LogP contribution in [-0.2, 0) is 6.54 Å². The fourth-order valence-electron chi connectivity index (χ4n) is 4.09. The molecule has 6 rings (SSSR count). The lowest BCUT2D eigenvalue weighted by atomic mass is 9.83. The Bertz CT molecular complexity index is 1470. The summed E-state index contributed by atoms with van der Waals surface area (Å²) < 4.78 is 10.6. The molecule has 8 heteroatoms. The minimum absolute atomic E-state index is 0.120. The van der Waals surface area contributed by atoms with E-state index in [1.807, 2.05) is 0 Å². The highest BCUT2D eigenvalue weighted by atomic mass is 16.7. The molecule has 0 saturated carbocycles. The van der Waals surface area contributed by atoms with E-state index in [2.05, 4.69) is 15.3 Å². The molecule has 4 aromatic rings. The van der Waals surface area contributed by atoms with Crippen molar-refractivity contribution in [2.24, 2.45) is 0 Å². The molecule has 8 nitrogen and oxygen atoms in total. The van der Waals surface area contributed by atoms with Crippen LogP contribution in [0.25, 0.3) is 11.0 Å². The zero-order valence-corrected chi connectivity index (χ0v) is 16.6. The average molecular weight is 425 g/mol. The van der Waals surface area contributed by atoms with Crippen molar-refractivity contribution in [2.75, 3.05) is 6.79 Å². The summed E-state index contributed by atoms with van der Waals surface area (Å²) in [5, 5.41) is 2.80. The van der Waals surface area contributed by atoms with Gasteiger partial charge in [-0.05, 0) is 30.3 Å². The smallest absolute Gasteiger partial charge is 0.251 e. The monoisotopic (exact) mass is 425 g/mol. The number of imidazole rings is 1. The number of H-pyrrole nitrogens is 1. The number of ketones is 2. The van der Waals surface area contributed by atoms with Crippen molar-refractivity contribution in [3.8, 4) is 11.5 Å². The predicted molar refractivity (Wildman–Crippen MR) is 113 cm³/mol. The van der Waals surface area contributed by atoms with Crippen LogP contribution >= 0.6 is 0 Å². The fourth-order valence-corrected chi connectivity index (χ4v) is 4.09. The topological polar surface area (TPSA) is 110 Å². The molecule has 1 amide bonds. The Balaban J connectivity index is 1.30. The summed E-state index contributed by atoms with van der Waals surface area (Å²) in [6.45, 7) is 0.255. The normalized spacial score (nSPS) is 13.8. The first-order valence-electron chi connectivity index (χ1n) is 9.98. The highest BCUT2D eigenvalue weighted by Gasteiger charge is 2.32. The van der Waals surface area contributed by atoms with E-state index in [0.717, 1.165) is 0 Å². The Morgan fingerprint density at radius 3 is 2.56 bits per heavy atom. The molecule has 1 aromatic heterocycles. The molecule has 156 valence electrons. The quantitative estimate of drug-likeness (QED) is 0.460. The van der Waals surface area contributed by atoms with Crippen molar-refractivity contribution in [1.82, 2.24) is 15.3 Å². The van der Waals surface area contributed by atoms with E-state index in [0.29, 0.717) is 50.6 Å². The number of ether oxygens (including phenoxy) is 2. The molecule has 2 N–H and O–H groups in total. The van der Waals surface area contributed by atoms with Crippen molar-refractivity contribution in [3.05, 3.63) is 88.2 Å². The van der Waals surface area contributed by atoms with Crippen LogP contribution in [0.1, 0.15) is 48.0 Å². The Kier molecular flexibility index (Phi) is 3.88. The molecule has 0 bridgehead atoms. The third kappa shape index (κ3) is 2.70. The van der Waals surface area contributed by atoms with Gasteiger partial charge in [-0.15, -0.1) is 0 Å². The van der Waals surface area contributed by atoms with Crippen LogP contribution in [0.15, 0.2) is 54.6 Å². The molecule has 3 aromatic carbocycles. The largest absolute Gasteiger partial charge is 0.454 e. The highest BCUT2D eigenvalue weighted by molar-refractivity contribution is 6.31. The number of nitrogens with zero attached hydrogens (tertiary/aromatic N) is 1. The lowest BCUT2D eigenvalue weighted by molar-refractivity contribution is 0.0948. The zero-order chi connectivity index (χ0) is 21.8. The first-order valence-corrected chi connectivity index (χ1v) is 9.98.